The molecule has 0 aliphatic carbocycles. The van der Waals surface area contributed by atoms with Gasteiger partial charge in [-0.2, -0.15) is 0 Å². The van der Waals surface area contributed by atoms with Gasteiger partial charge in [0, 0.05) is 43.6 Å². The Morgan fingerprint density at radius 3 is 2.76 bits per heavy atom. The number of pyridine rings is 2. The zero-order valence-electron chi connectivity index (χ0n) is 14.3. The summed E-state index contributed by atoms with van der Waals surface area (Å²) in [5.41, 5.74) is 1.71. The lowest BCUT2D eigenvalue weighted by atomic mass is 10.1. The topological polar surface area (TPSA) is 76.1 Å². The molecule has 25 heavy (non-hydrogen) atoms. The largest absolute Gasteiger partial charge is 0.494 e. The number of nitrogens with one attached hydrogen (secondary N) is 1. The highest BCUT2D eigenvalue weighted by molar-refractivity contribution is 5.95. The van der Waals surface area contributed by atoms with Gasteiger partial charge in [0.1, 0.15) is 11.6 Å². The van der Waals surface area contributed by atoms with Crippen LogP contribution in [0, 0.1) is 0 Å². The highest BCUT2D eigenvalue weighted by Gasteiger charge is 2.22. The first-order chi connectivity index (χ1) is 12.3. The average molecular weight is 336 g/mol. The van der Waals surface area contributed by atoms with E-state index in [1.807, 2.05) is 12.1 Å². The molecule has 1 atom stereocenters. The van der Waals surface area contributed by atoms with E-state index in [9.17, 15) is 0 Å². The monoisotopic (exact) mass is 336 g/mol. The molecule has 0 amide bonds. The molecule has 1 N–H and O–H groups in total. The number of nitrogens with zero attached hydrogens (tertiary/aromatic N) is 5. The lowest BCUT2D eigenvalue weighted by Crippen LogP contribution is -2.49. The van der Waals surface area contributed by atoms with Crippen molar-refractivity contribution < 1.29 is 4.74 Å². The zero-order chi connectivity index (χ0) is 17.2. The molecule has 0 spiro atoms. The lowest BCUT2D eigenvalue weighted by Gasteiger charge is -2.33. The Balaban J connectivity index is 1.93. The third kappa shape index (κ3) is 2.98. The van der Waals surface area contributed by atoms with E-state index >= 15 is 0 Å². The number of rotatable bonds is 3. The van der Waals surface area contributed by atoms with Gasteiger partial charge in [-0.15, -0.1) is 0 Å². The number of piperazine rings is 1. The standard InChI is InChI=1S/C18H20N6O/c1-12-11-24(8-7-21-12)18-16-14(9-20-10-15(16)25-2)22-17(23-18)13-3-5-19-6-4-13/h3-6,9-10,12,21H,7-8,11H2,1-2H3/t12-/m1/s1. The van der Waals surface area contributed by atoms with Gasteiger partial charge in [-0.3, -0.25) is 9.97 Å². The number of aromatic nitrogens is 4. The van der Waals surface area contributed by atoms with Crippen molar-refractivity contribution in [2.24, 2.45) is 0 Å². The summed E-state index contributed by atoms with van der Waals surface area (Å²) >= 11 is 0. The van der Waals surface area contributed by atoms with E-state index in [0.29, 0.717) is 17.6 Å². The van der Waals surface area contributed by atoms with E-state index in [0.717, 1.165) is 41.9 Å². The van der Waals surface area contributed by atoms with Crippen LogP contribution in [0.15, 0.2) is 36.9 Å². The first-order valence-electron chi connectivity index (χ1n) is 8.34. The predicted molar refractivity (Wildman–Crippen MR) is 96.8 cm³/mol. The Morgan fingerprint density at radius 2 is 2.00 bits per heavy atom. The maximum absolute atomic E-state index is 5.54. The third-order valence-corrected chi connectivity index (χ3v) is 4.38. The number of hydrogen-bond acceptors (Lipinski definition) is 7. The summed E-state index contributed by atoms with van der Waals surface area (Å²) in [5, 5.41) is 4.37. The van der Waals surface area contributed by atoms with Gasteiger partial charge < -0.3 is 15.0 Å². The van der Waals surface area contributed by atoms with Crippen molar-refractivity contribution in [1.29, 1.82) is 0 Å². The van der Waals surface area contributed by atoms with E-state index in [-0.39, 0.29) is 0 Å². The predicted octanol–water partition coefficient (Wildman–Crippen LogP) is 1.89. The first-order valence-corrected chi connectivity index (χ1v) is 8.34. The van der Waals surface area contributed by atoms with E-state index in [1.54, 1.807) is 31.9 Å². The molecule has 1 saturated heterocycles. The molecule has 0 unspecified atom stereocenters. The summed E-state index contributed by atoms with van der Waals surface area (Å²) in [5.74, 6) is 2.26. The summed E-state index contributed by atoms with van der Waals surface area (Å²) in [6.45, 7) is 4.87. The second-order valence-corrected chi connectivity index (χ2v) is 6.14. The number of anilines is 1. The van der Waals surface area contributed by atoms with Crippen LogP contribution in [0.5, 0.6) is 5.75 Å². The molecule has 4 rings (SSSR count). The highest BCUT2D eigenvalue weighted by Crippen LogP contribution is 2.33. The van der Waals surface area contributed by atoms with E-state index in [2.05, 4.69) is 27.1 Å². The van der Waals surface area contributed by atoms with Crippen molar-refractivity contribution >= 4 is 16.7 Å². The summed E-state index contributed by atoms with van der Waals surface area (Å²) in [6, 6.07) is 4.23. The molecule has 1 aliphatic heterocycles. The van der Waals surface area contributed by atoms with E-state index < -0.39 is 0 Å². The molecule has 3 aromatic rings. The maximum Gasteiger partial charge on any atom is 0.162 e. The normalized spacial score (nSPS) is 17.7. The van der Waals surface area contributed by atoms with Gasteiger partial charge in [0.05, 0.1) is 30.4 Å². The molecule has 0 saturated carbocycles. The summed E-state index contributed by atoms with van der Waals surface area (Å²) in [4.78, 5) is 20.2. The van der Waals surface area contributed by atoms with Crippen molar-refractivity contribution in [2.75, 3.05) is 31.6 Å². The Morgan fingerprint density at radius 1 is 1.16 bits per heavy atom. The minimum absolute atomic E-state index is 0.399. The molecular formula is C18H20N6O. The van der Waals surface area contributed by atoms with E-state index in [4.69, 9.17) is 14.7 Å². The maximum atomic E-state index is 5.54. The van der Waals surface area contributed by atoms with Gasteiger partial charge >= 0.3 is 0 Å². The fourth-order valence-corrected chi connectivity index (χ4v) is 3.17. The highest BCUT2D eigenvalue weighted by atomic mass is 16.5. The van der Waals surface area contributed by atoms with Gasteiger partial charge in [-0.25, -0.2) is 9.97 Å². The Hall–Kier alpha value is -2.80. The first kappa shape index (κ1) is 15.7. The Labute approximate surface area is 146 Å². The molecule has 1 aliphatic rings. The molecule has 4 heterocycles. The van der Waals surface area contributed by atoms with Crippen LogP contribution >= 0.6 is 0 Å². The second-order valence-electron chi connectivity index (χ2n) is 6.14. The Kier molecular flexibility index (Phi) is 4.15. The summed E-state index contributed by atoms with van der Waals surface area (Å²) in [6.07, 6.45) is 6.98. The molecule has 0 radical (unpaired) electrons. The van der Waals surface area contributed by atoms with Crippen molar-refractivity contribution in [1.82, 2.24) is 25.3 Å². The third-order valence-electron chi connectivity index (χ3n) is 4.38. The minimum atomic E-state index is 0.399. The molecule has 0 bridgehead atoms. The number of hydrogen-bond donors (Lipinski definition) is 1. The van der Waals surface area contributed by atoms with Crippen LogP contribution in [0.2, 0.25) is 0 Å². The van der Waals surface area contributed by atoms with Crippen LogP contribution in [0.1, 0.15) is 6.92 Å². The summed E-state index contributed by atoms with van der Waals surface area (Å²) in [7, 11) is 1.65. The number of methoxy groups -OCH3 is 1. The van der Waals surface area contributed by atoms with Crippen molar-refractivity contribution in [3.8, 4) is 17.1 Å². The second kappa shape index (κ2) is 6.60. The van der Waals surface area contributed by atoms with E-state index in [1.165, 1.54) is 0 Å². The van der Waals surface area contributed by atoms with Crippen LogP contribution in [0.4, 0.5) is 5.82 Å². The number of ether oxygens (including phenoxy) is 1. The minimum Gasteiger partial charge on any atom is -0.494 e. The van der Waals surface area contributed by atoms with Gasteiger partial charge in [0.15, 0.2) is 5.82 Å². The van der Waals surface area contributed by atoms with Crippen molar-refractivity contribution in [2.45, 2.75) is 13.0 Å². The fourth-order valence-electron chi connectivity index (χ4n) is 3.17. The van der Waals surface area contributed by atoms with Gasteiger partial charge in [-0.1, -0.05) is 0 Å². The van der Waals surface area contributed by atoms with Gasteiger partial charge in [-0.05, 0) is 19.1 Å². The fraction of sp³-hybridized carbons (Fsp3) is 0.333. The van der Waals surface area contributed by atoms with Crippen LogP contribution in [-0.2, 0) is 0 Å². The molecular weight excluding hydrogens is 316 g/mol. The molecule has 128 valence electrons. The summed E-state index contributed by atoms with van der Waals surface area (Å²) < 4.78 is 5.54. The van der Waals surface area contributed by atoms with Crippen molar-refractivity contribution in [3.05, 3.63) is 36.9 Å². The van der Waals surface area contributed by atoms with Crippen LogP contribution in [-0.4, -0.2) is 52.7 Å². The molecule has 1 fully saturated rings. The van der Waals surface area contributed by atoms with Gasteiger partial charge in [0.2, 0.25) is 0 Å². The molecule has 7 heteroatoms. The SMILES string of the molecule is COc1cncc2nc(-c3ccncc3)nc(N3CCN[C@H](C)C3)c12. The smallest absolute Gasteiger partial charge is 0.162 e. The molecule has 3 aromatic heterocycles. The number of fused-ring (bicyclic) bond motifs is 1. The lowest BCUT2D eigenvalue weighted by molar-refractivity contribution is 0.417. The molecule has 0 aromatic carbocycles. The Bertz CT molecular complexity index is 885. The van der Waals surface area contributed by atoms with Gasteiger partial charge in [0.25, 0.3) is 0 Å². The quantitative estimate of drug-likeness (QED) is 0.783. The van der Waals surface area contributed by atoms with Crippen LogP contribution < -0.4 is 15.0 Å². The van der Waals surface area contributed by atoms with Crippen LogP contribution in [0.3, 0.4) is 0 Å². The molecule has 7 nitrogen and oxygen atoms in total. The van der Waals surface area contributed by atoms with Crippen molar-refractivity contribution in [3.63, 3.8) is 0 Å². The van der Waals surface area contributed by atoms with Crippen LogP contribution in [0.25, 0.3) is 22.3 Å². The average Bonchev–Trinajstić information content (AvgIpc) is 2.67. The zero-order valence-corrected chi connectivity index (χ0v) is 14.3.